The van der Waals surface area contributed by atoms with Crippen LogP contribution in [0.2, 0.25) is 10.0 Å². The highest BCUT2D eigenvalue weighted by molar-refractivity contribution is 8.00. The minimum Gasteiger partial charge on any atom is -0.497 e. The molecule has 0 radical (unpaired) electrons. The average Bonchev–Trinajstić information content (AvgIpc) is 2.78. The highest BCUT2D eigenvalue weighted by Gasteiger charge is 2.28. The number of carbonyl (C=O) groups excluding carboxylic acids is 3. The maximum absolute atomic E-state index is 12.4. The van der Waals surface area contributed by atoms with Gasteiger partial charge < -0.3 is 20.7 Å². The monoisotopic (exact) mass is 510 g/mol. The van der Waals surface area contributed by atoms with Crippen molar-refractivity contribution in [1.82, 2.24) is 16.0 Å². The van der Waals surface area contributed by atoms with Crippen LogP contribution in [0.25, 0.3) is 0 Å². The fourth-order valence-electron chi connectivity index (χ4n) is 3.17. The lowest BCUT2D eigenvalue weighted by Crippen LogP contribution is -2.56. The number of thioether (sulfide) groups is 1. The number of amides is 3. The van der Waals surface area contributed by atoms with E-state index < -0.39 is 5.50 Å². The summed E-state index contributed by atoms with van der Waals surface area (Å²) in [7, 11) is 1.59. The molecule has 0 aliphatic carbocycles. The molecular weight excluding hydrogens is 487 g/mol. The summed E-state index contributed by atoms with van der Waals surface area (Å²) in [6.07, 6.45) is 0.322. The van der Waals surface area contributed by atoms with Crippen LogP contribution in [-0.2, 0) is 20.9 Å². The molecule has 1 heterocycles. The zero-order valence-corrected chi connectivity index (χ0v) is 20.2. The zero-order valence-electron chi connectivity index (χ0n) is 17.8. The first-order chi connectivity index (χ1) is 15.8. The highest BCUT2D eigenvalue weighted by atomic mass is 35.5. The number of methoxy groups -OCH3 is 1. The first kappa shape index (κ1) is 25.2. The van der Waals surface area contributed by atoms with E-state index in [2.05, 4.69) is 21.3 Å². The van der Waals surface area contributed by atoms with Crippen LogP contribution >= 0.6 is 35.0 Å². The smallest absolute Gasteiger partial charge is 0.234 e. The molecule has 0 saturated carbocycles. The number of nitrogens with one attached hydrogen (secondary N) is 4. The van der Waals surface area contributed by atoms with E-state index >= 15 is 0 Å². The Hall–Kier alpha value is -2.46. The number of hydrogen-bond donors (Lipinski definition) is 4. The maximum Gasteiger partial charge on any atom is 0.234 e. The molecule has 2 atom stereocenters. The molecule has 2 aromatic carbocycles. The Morgan fingerprint density at radius 2 is 1.97 bits per heavy atom. The molecule has 2 aromatic rings. The van der Waals surface area contributed by atoms with E-state index in [1.54, 1.807) is 25.3 Å². The average molecular weight is 511 g/mol. The molecule has 0 bridgehead atoms. The fourth-order valence-corrected chi connectivity index (χ4v) is 4.37. The second kappa shape index (κ2) is 12.1. The van der Waals surface area contributed by atoms with Crippen molar-refractivity contribution in [3.05, 3.63) is 58.1 Å². The molecule has 0 aromatic heterocycles. The topological polar surface area (TPSA) is 109 Å². The van der Waals surface area contributed by atoms with Gasteiger partial charge in [0.2, 0.25) is 17.7 Å². The van der Waals surface area contributed by atoms with E-state index in [0.717, 1.165) is 11.3 Å². The van der Waals surface area contributed by atoms with Crippen LogP contribution in [0, 0.1) is 0 Å². The Morgan fingerprint density at radius 1 is 1.15 bits per heavy atom. The van der Waals surface area contributed by atoms with Gasteiger partial charge >= 0.3 is 0 Å². The standard InChI is InChI=1S/C22H24Cl2N4O4S/c1-32-16-4-2-3-13(7-16)11-25-19(29)9-15-10-20(30)28-22(27-15)33-12-21(31)26-14-5-6-17(23)18(24)8-14/h2-8,15,22,27H,9-12H2,1H3,(H,25,29)(H,26,31)(H,28,30). The summed E-state index contributed by atoms with van der Waals surface area (Å²) in [6.45, 7) is 0.363. The lowest BCUT2D eigenvalue weighted by molar-refractivity contribution is -0.125. The third-order valence-electron chi connectivity index (χ3n) is 4.75. The molecule has 1 fully saturated rings. The zero-order chi connectivity index (χ0) is 23.8. The van der Waals surface area contributed by atoms with Crippen molar-refractivity contribution < 1.29 is 19.1 Å². The molecule has 2 unspecified atom stereocenters. The summed E-state index contributed by atoms with van der Waals surface area (Å²) < 4.78 is 5.18. The molecule has 3 rings (SSSR count). The second-order valence-electron chi connectivity index (χ2n) is 7.34. The molecule has 11 heteroatoms. The molecule has 33 heavy (non-hydrogen) atoms. The summed E-state index contributed by atoms with van der Waals surface area (Å²) in [4.78, 5) is 36.7. The first-order valence-corrected chi connectivity index (χ1v) is 11.9. The van der Waals surface area contributed by atoms with Gasteiger partial charge in [-0.1, -0.05) is 35.3 Å². The van der Waals surface area contributed by atoms with Crippen molar-refractivity contribution in [3.8, 4) is 5.75 Å². The minimum atomic E-state index is -0.484. The largest absolute Gasteiger partial charge is 0.497 e. The second-order valence-corrected chi connectivity index (χ2v) is 9.24. The van der Waals surface area contributed by atoms with Gasteiger partial charge in [-0.05, 0) is 35.9 Å². The fraction of sp³-hybridized carbons (Fsp3) is 0.318. The molecule has 1 saturated heterocycles. The van der Waals surface area contributed by atoms with E-state index in [4.69, 9.17) is 27.9 Å². The first-order valence-electron chi connectivity index (χ1n) is 10.1. The summed E-state index contributed by atoms with van der Waals surface area (Å²) in [5.41, 5.74) is 0.960. The number of anilines is 1. The summed E-state index contributed by atoms with van der Waals surface area (Å²) in [5, 5.41) is 12.3. The van der Waals surface area contributed by atoms with Crippen LogP contribution in [0.4, 0.5) is 5.69 Å². The molecule has 176 valence electrons. The van der Waals surface area contributed by atoms with Gasteiger partial charge in [-0.3, -0.25) is 19.7 Å². The normalized spacial score (nSPS) is 17.7. The molecule has 0 spiro atoms. The Kier molecular flexibility index (Phi) is 9.25. The van der Waals surface area contributed by atoms with Crippen LogP contribution in [0.1, 0.15) is 18.4 Å². The van der Waals surface area contributed by atoms with Crippen LogP contribution < -0.4 is 26.0 Å². The van der Waals surface area contributed by atoms with Crippen LogP contribution in [0.5, 0.6) is 5.75 Å². The number of rotatable bonds is 9. The van der Waals surface area contributed by atoms with Crippen LogP contribution in [-0.4, -0.2) is 42.1 Å². The predicted octanol–water partition coefficient (Wildman–Crippen LogP) is 3.14. The van der Waals surface area contributed by atoms with E-state index in [0.29, 0.717) is 22.3 Å². The molecule has 1 aliphatic heterocycles. The summed E-state index contributed by atoms with van der Waals surface area (Å²) >= 11 is 13.1. The molecule has 1 aliphatic rings. The van der Waals surface area contributed by atoms with Gasteiger partial charge in [0.05, 0.1) is 22.9 Å². The van der Waals surface area contributed by atoms with Gasteiger partial charge in [-0.2, -0.15) is 0 Å². The van der Waals surface area contributed by atoms with Gasteiger partial charge in [-0.25, -0.2) is 0 Å². The number of halogens is 2. The lowest BCUT2D eigenvalue weighted by atomic mass is 10.1. The summed E-state index contributed by atoms with van der Waals surface area (Å²) in [6, 6.07) is 11.9. The molecule has 3 amide bonds. The van der Waals surface area contributed by atoms with E-state index in [9.17, 15) is 14.4 Å². The minimum absolute atomic E-state index is 0.0902. The van der Waals surface area contributed by atoms with Crippen molar-refractivity contribution >= 4 is 58.4 Å². The Bertz CT molecular complexity index is 1020. The number of carbonyl (C=O) groups is 3. The highest BCUT2D eigenvalue weighted by Crippen LogP contribution is 2.25. The Balaban J connectivity index is 1.43. The third kappa shape index (κ3) is 8.12. The Labute approximate surface area is 206 Å². The maximum atomic E-state index is 12.4. The van der Waals surface area contributed by atoms with Crippen molar-refractivity contribution in [1.29, 1.82) is 0 Å². The Morgan fingerprint density at radius 3 is 2.73 bits per heavy atom. The number of ether oxygens (including phenoxy) is 1. The van der Waals surface area contributed by atoms with Crippen molar-refractivity contribution in [3.63, 3.8) is 0 Å². The SMILES string of the molecule is COc1cccc(CNC(=O)CC2CC(=O)NC(SCC(=O)Nc3ccc(Cl)c(Cl)c3)N2)c1. The van der Waals surface area contributed by atoms with Crippen LogP contribution in [0.15, 0.2) is 42.5 Å². The van der Waals surface area contributed by atoms with Gasteiger partial charge in [0.25, 0.3) is 0 Å². The predicted molar refractivity (Wildman–Crippen MR) is 130 cm³/mol. The lowest BCUT2D eigenvalue weighted by Gasteiger charge is -2.30. The van der Waals surface area contributed by atoms with Crippen molar-refractivity contribution in [2.45, 2.75) is 30.9 Å². The van der Waals surface area contributed by atoms with Gasteiger partial charge in [-0.15, -0.1) is 11.8 Å². The van der Waals surface area contributed by atoms with Gasteiger partial charge in [0, 0.05) is 31.1 Å². The third-order valence-corrected chi connectivity index (χ3v) is 6.51. The molecule has 8 nitrogen and oxygen atoms in total. The van der Waals surface area contributed by atoms with Crippen molar-refractivity contribution in [2.24, 2.45) is 0 Å². The number of benzene rings is 2. The van der Waals surface area contributed by atoms with Gasteiger partial charge in [0.1, 0.15) is 11.2 Å². The van der Waals surface area contributed by atoms with E-state index in [-0.39, 0.29) is 42.4 Å². The summed E-state index contributed by atoms with van der Waals surface area (Å²) in [5.74, 6) is 0.198. The van der Waals surface area contributed by atoms with E-state index in [1.165, 1.54) is 11.8 Å². The quantitative estimate of drug-likeness (QED) is 0.412. The van der Waals surface area contributed by atoms with Crippen LogP contribution in [0.3, 0.4) is 0 Å². The van der Waals surface area contributed by atoms with E-state index in [1.807, 2.05) is 24.3 Å². The van der Waals surface area contributed by atoms with Crippen molar-refractivity contribution in [2.75, 3.05) is 18.2 Å². The molecular formula is C22H24Cl2N4O4S. The number of hydrogen-bond acceptors (Lipinski definition) is 6. The van der Waals surface area contributed by atoms with Gasteiger partial charge in [0.15, 0.2) is 0 Å². The molecule has 4 N–H and O–H groups in total.